The van der Waals surface area contributed by atoms with Gasteiger partial charge in [0.1, 0.15) is 11.6 Å². The Balaban J connectivity index is 2.06. The molecule has 1 N–H and O–H groups in total. The smallest absolute Gasteiger partial charge is 0.402 e. The highest BCUT2D eigenvalue weighted by Gasteiger charge is 2.31. The molecule has 0 unspecified atom stereocenters. The van der Waals surface area contributed by atoms with Crippen LogP contribution in [0, 0.1) is 0 Å². The van der Waals surface area contributed by atoms with E-state index in [0.29, 0.717) is 0 Å². The Kier molecular flexibility index (Phi) is 4.52. The van der Waals surface area contributed by atoms with Crippen molar-refractivity contribution in [3.63, 3.8) is 0 Å². The fourth-order valence-electron chi connectivity index (χ4n) is 2.51. The topological polar surface area (TPSA) is 39.6 Å². The van der Waals surface area contributed by atoms with Crippen LogP contribution in [0.2, 0.25) is 0 Å². The van der Waals surface area contributed by atoms with Gasteiger partial charge in [0.2, 0.25) is 0 Å². The molecule has 0 bridgehead atoms. The molecule has 0 atom stereocenters. The number of allylic oxidation sites excluding steroid dienone is 4. The zero-order valence-electron chi connectivity index (χ0n) is 13.2. The molecular weight excluding hydrogens is 297 g/mol. The Labute approximate surface area is 142 Å². The van der Waals surface area contributed by atoms with E-state index in [1.165, 1.54) is 6.08 Å². The molecule has 0 spiro atoms. The predicted molar refractivity (Wildman–Crippen MR) is 100 cm³/mol. The molecule has 1 aromatic heterocycles. The summed E-state index contributed by atoms with van der Waals surface area (Å²) in [5, 5.41) is 9.84. The van der Waals surface area contributed by atoms with Crippen LogP contribution in [0.15, 0.2) is 97.6 Å². The van der Waals surface area contributed by atoms with E-state index in [2.05, 4.69) is 23.0 Å². The molecule has 2 heterocycles. The van der Waals surface area contributed by atoms with E-state index in [1.54, 1.807) is 18.3 Å². The second-order valence-corrected chi connectivity index (χ2v) is 5.14. The van der Waals surface area contributed by atoms with E-state index in [1.807, 2.05) is 60.9 Å². The Morgan fingerprint density at radius 1 is 1.12 bits per heavy atom. The first-order chi connectivity index (χ1) is 11.7. The van der Waals surface area contributed by atoms with Gasteiger partial charge in [0.25, 0.3) is 0 Å². The largest absolute Gasteiger partial charge is 0.508 e. The van der Waals surface area contributed by atoms with Gasteiger partial charge in [-0.2, -0.15) is 0 Å². The summed E-state index contributed by atoms with van der Waals surface area (Å²) in [6.07, 6.45) is 8.24. The van der Waals surface area contributed by atoms with Gasteiger partial charge in [-0.05, 0) is 36.4 Å². The third kappa shape index (κ3) is 2.97. The van der Waals surface area contributed by atoms with Crippen molar-refractivity contribution in [1.82, 2.24) is 4.98 Å². The lowest BCUT2D eigenvalue weighted by Crippen LogP contribution is -2.31. The SMILES string of the molecule is C=C/C=C(\C=C(\O)C=C)N1[B]N(c2ccccc2)c2cccnc21. The summed E-state index contributed by atoms with van der Waals surface area (Å²) in [4.78, 5) is 8.45. The second-order valence-electron chi connectivity index (χ2n) is 5.14. The number of aliphatic hydroxyl groups is 1. The Morgan fingerprint density at radius 3 is 2.62 bits per heavy atom. The van der Waals surface area contributed by atoms with Gasteiger partial charge in [-0.15, -0.1) is 0 Å². The number of benzene rings is 1. The highest BCUT2D eigenvalue weighted by Crippen LogP contribution is 2.39. The molecule has 5 heteroatoms. The molecule has 2 aromatic rings. The summed E-state index contributed by atoms with van der Waals surface area (Å²) in [5.41, 5.74) is 2.73. The van der Waals surface area contributed by atoms with Crippen LogP contribution in [0.3, 0.4) is 0 Å². The fraction of sp³-hybridized carbons (Fsp3) is 0. The maximum Gasteiger partial charge on any atom is 0.402 e. The van der Waals surface area contributed by atoms with Crippen LogP contribution in [-0.4, -0.2) is 17.6 Å². The van der Waals surface area contributed by atoms with E-state index in [0.717, 1.165) is 22.9 Å². The van der Waals surface area contributed by atoms with E-state index >= 15 is 0 Å². The zero-order valence-corrected chi connectivity index (χ0v) is 13.2. The van der Waals surface area contributed by atoms with Crippen molar-refractivity contribution < 1.29 is 5.11 Å². The van der Waals surface area contributed by atoms with Gasteiger partial charge < -0.3 is 14.7 Å². The van der Waals surface area contributed by atoms with Gasteiger partial charge in [-0.3, -0.25) is 0 Å². The Bertz CT molecular complexity index is 814. The number of pyridine rings is 1. The van der Waals surface area contributed by atoms with Crippen LogP contribution in [0.1, 0.15) is 0 Å². The molecule has 24 heavy (non-hydrogen) atoms. The Morgan fingerprint density at radius 2 is 1.92 bits per heavy atom. The van der Waals surface area contributed by atoms with Crippen LogP contribution in [-0.2, 0) is 0 Å². The van der Waals surface area contributed by atoms with Gasteiger partial charge >= 0.3 is 7.55 Å². The monoisotopic (exact) mass is 314 g/mol. The zero-order chi connectivity index (χ0) is 16.9. The lowest BCUT2D eigenvalue weighted by molar-refractivity contribution is 0.432. The first-order valence-corrected chi connectivity index (χ1v) is 7.54. The molecular formula is C19H17BN3O. The molecule has 0 aliphatic carbocycles. The highest BCUT2D eigenvalue weighted by atomic mass is 16.3. The number of rotatable bonds is 5. The summed E-state index contributed by atoms with van der Waals surface area (Å²) in [5.74, 6) is 0.856. The molecule has 1 aliphatic rings. The van der Waals surface area contributed by atoms with Gasteiger partial charge in [0.15, 0.2) is 0 Å². The van der Waals surface area contributed by atoms with Crippen LogP contribution >= 0.6 is 0 Å². The average Bonchev–Trinajstić information content (AvgIpc) is 3.01. The summed E-state index contributed by atoms with van der Waals surface area (Å²) in [6.45, 7) is 7.33. The molecule has 4 nitrogen and oxygen atoms in total. The number of aliphatic hydroxyl groups excluding tert-OH is 1. The van der Waals surface area contributed by atoms with Crippen LogP contribution in [0.4, 0.5) is 17.2 Å². The molecule has 1 aliphatic heterocycles. The number of para-hydroxylation sites is 1. The molecule has 0 saturated heterocycles. The normalized spacial score (nSPS) is 14.2. The number of hydrogen-bond acceptors (Lipinski definition) is 4. The van der Waals surface area contributed by atoms with E-state index in [9.17, 15) is 5.11 Å². The number of aromatic nitrogens is 1. The van der Waals surface area contributed by atoms with Gasteiger partial charge in [0.05, 0.1) is 5.69 Å². The third-order valence-electron chi connectivity index (χ3n) is 3.59. The standard InChI is InChI=1S/C19H17BN3O/c1-3-9-16(14-17(24)4-2)23-19-18(12-8-13-21-19)22(20-23)15-10-6-5-7-11-15/h3-14,24H,1-2H2/b16-9+,17-14+. The minimum atomic E-state index is 0.0761. The maximum atomic E-state index is 9.84. The van der Waals surface area contributed by atoms with E-state index in [4.69, 9.17) is 0 Å². The van der Waals surface area contributed by atoms with Crippen molar-refractivity contribution in [1.29, 1.82) is 0 Å². The van der Waals surface area contributed by atoms with Crippen molar-refractivity contribution in [2.75, 3.05) is 9.62 Å². The van der Waals surface area contributed by atoms with Crippen molar-refractivity contribution >= 4 is 24.7 Å². The summed E-state index contributed by atoms with van der Waals surface area (Å²) < 4.78 is 0. The van der Waals surface area contributed by atoms with Gasteiger partial charge in [0, 0.05) is 23.7 Å². The molecule has 117 valence electrons. The van der Waals surface area contributed by atoms with Gasteiger partial charge in [-0.1, -0.05) is 37.4 Å². The molecule has 0 amide bonds. The van der Waals surface area contributed by atoms with E-state index < -0.39 is 0 Å². The van der Waals surface area contributed by atoms with E-state index in [-0.39, 0.29) is 5.76 Å². The number of nitrogens with zero attached hydrogens (tertiary/aromatic N) is 3. The highest BCUT2D eigenvalue weighted by molar-refractivity contribution is 6.54. The van der Waals surface area contributed by atoms with Crippen LogP contribution < -0.4 is 9.62 Å². The quantitative estimate of drug-likeness (QED) is 0.508. The first kappa shape index (κ1) is 15.7. The minimum absolute atomic E-state index is 0.0761. The molecule has 1 radical (unpaired) electrons. The molecule has 1 aromatic carbocycles. The third-order valence-corrected chi connectivity index (χ3v) is 3.59. The van der Waals surface area contributed by atoms with Gasteiger partial charge in [-0.25, -0.2) is 4.98 Å². The lowest BCUT2D eigenvalue weighted by atomic mass is 10.0. The number of anilines is 3. The van der Waals surface area contributed by atoms with Crippen LogP contribution in [0.5, 0.6) is 0 Å². The van der Waals surface area contributed by atoms with Crippen molar-refractivity contribution in [3.05, 3.63) is 97.6 Å². The number of hydrogen-bond donors (Lipinski definition) is 1. The second kappa shape index (κ2) is 6.92. The minimum Gasteiger partial charge on any atom is -0.508 e. The van der Waals surface area contributed by atoms with Crippen molar-refractivity contribution in [3.8, 4) is 0 Å². The summed E-state index contributed by atoms with van der Waals surface area (Å²) in [6, 6.07) is 13.9. The summed E-state index contributed by atoms with van der Waals surface area (Å²) in [7, 11) is 1.94. The predicted octanol–water partition coefficient (Wildman–Crippen LogP) is 4.27. The summed E-state index contributed by atoms with van der Waals surface area (Å²) >= 11 is 0. The molecule has 0 saturated carbocycles. The van der Waals surface area contributed by atoms with Crippen molar-refractivity contribution in [2.24, 2.45) is 0 Å². The molecule has 3 rings (SSSR count). The molecule has 0 fully saturated rings. The fourth-order valence-corrected chi connectivity index (χ4v) is 2.51. The van der Waals surface area contributed by atoms with Crippen LogP contribution in [0.25, 0.3) is 0 Å². The van der Waals surface area contributed by atoms with Crippen molar-refractivity contribution in [2.45, 2.75) is 0 Å². The Hall–Kier alpha value is -3.21. The maximum absolute atomic E-state index is 9.84. The average molecular weight is 314 g/mol. The lowest BCUT2D eigenvalue weighted by Gasteiger charge is -2.20. The number of fused-ring (bicyclic) bond motifs is 1. The first-order valence-electron chi connectivity index (χ1n) is 7.54.